The molecule has 1 saturated carbocycles. The van der Waals surface area contributed by atoms with Crippen molar-refractivity contribution in [2.75, 3.05) is 11.5 Å². The number of nitrogens with zero attached hydrogens (tertiary/aromatic N) is 4. The molecule has 2 aliphatic rings. The number of esters is 1. The van der Waals surface area contributed by atoms with E-state index in [-0.39, 0.29) is 71.4 Å². The van der Waals surface area contributed by atoms with Gasteiger partial charge in [0.2, 0.25) is 11.9 Å². The monoisotopic (exact) mass is 666 g/mol. The number of benzene rings is 1. The van der Waals surface area contributed by atoms with E-state index in [2.05, 4.69) is 9.97 Å². The summed E-state index contributed by atoms with van der Waals surface area (Å²) in [7, 11) is 5.79. The van der Waals surface area contributed by atoms with Crippen LogP contribution in [-0.4, -0.2) is 59.3 Å². The van der Waals surface area contributed by atoms with Gasteiger partial charge in [-0.3, -0.25) is 9.59 Å². The fraction of sp³-hybridized carbons (Fsp3) is 0.636. The van der Waals surface area contributed by atoms with Crippen LogP contribution in [-0.2, 0) is 33.2 Å². The maximum absolute atomic E-state index is 14.0. The van der Waals surface area contributed by atoms with Crippen molar-refractivity contribution < 1.29 is 40.7 Å². The molecule has 1 amide bonds. The van der Waals surface area contributed by atoms with E-state index in [9.17, 15) is 35.9 Å². The number of halogens is 6. The smallest absolute Gasteiger partial charge is 0.416 e. The molecule has 3 atom stereocenters. The topological polar surface area (TPSA) is 75.6 Å². The summed E-state index contributed by atoms with van der Waals surface area (Å²) in [5.41, 5.74) is -2.72. The molecule has 0 spiro atoms. The number of hydrogen-bond acceptors (Lipinski definition) is 6. The summed E-state index contributed by atoms with van der Waals surface area (Å²) >= 11 is 0. The summed E-state index contributed by atoms with van der Waals surface area (Å²) in [6, 6.07) is 0.749. The minimum absolute atomic E-state index is 0.0553. The van der Waals surface area contributed by atoms with E-state index in [4.69, 9.17) is 12.6 Å². The Morgan fingerprint density at radius 3 is 1.89 bits per heavy atom. The number of rotatable bonds is 10. The first kappa shape index (κ1) is 36.5. The van der Waals surface area contributed by atoms with Crippen LogP contribution in [0.5, 0.6) is 0 Å². The van der Waals surface area contributed by atoms with Crippen molar-refractivity contribution in [2.45, 2.75) is 116 Å². The van der Waals surface area contributed by atoms with Gasteiger partial charge in [0.05, 0.1) is 17.7 Å². The van der Waals surface area contributed by atoms with Crippen LogP contribution in [0.2, 0.25) is 0 Å². The predicted molar refractivity (Wildman–Crippen MR) is 165 cm³/mol. The lowest BCUT2D eigenvalue weighted by molar-refractivity contribution is -0.146. The van der Waals surface area contributed by atoms with Crippen molar-refractivity contribution in [1.82, 2.24) is 14.9 Å². The zero-order chi connectivity index (χ0) is 34.5. The molecule has 2 radical (unpaired) electrons. The third-order valence-corrected chi connectivity index (χ3v) is 9.38. The number of hydrogen-bond donors (Lipinski definition) is 0. The second kappa shape index (κ2) is 15.3. The summed E-state index contributed by atoms with van der Waals surface area (Å²) < 4.78 is 87.2. The number of anilines is 1. The number of ether oxygens (including phenoxy) is 1. The van der Waals surface area contributed by atoms with Crippen LogP contribution in [0.25, 0.3) is 0 Å². The molecule has 14 heteroatoms. The molecule has 7 nitrogen and oxygen atoms in total. The third-order valence-electron chi connectivity index (χ3n) is 9.38. The van der Waals surface area contributed by atoms with Gasteiger partial charge < -0.3 is 14.5 Å². The van der Waals surface area contributed by atoms with Crippen molar-refractivity contribution in [2.24, 2.45) is 11.8 Å². The van der Waals surface area contributed by atoms with E-state index >= 15 is 0 Å². The highest BCUT2D eigenvalue weighted by Gasteiger charge is 2.43. The highest BCUT2D eigenvalue weighted by Crippen LogP contribution is 2.40. The number of alkyl halides is 6. The van der Waals surface area contributed by atoms with Crippen molar-refractivity contribution in [1.29, 1.82) is 0 Å². The average Bonchev–Trinajstić information content (AvgIpc) is 3.02. The standard InChI is InChI=1S/C33H41BF6N4O3/c1-4-26-15-28(16-27(5-2)44(26)30(46)22-9-7-20(8-10-22)13-29(45)47-6-3)43(31-41-17-25(34)18-42-31)19-21-11-23(32(35,36)37)14-24(12-21)33(38,39)40/h11-12,14,17-18,20,22,26-28H,4-10,13,15-16,19H2,1-3H3/t20?,22?,26-,27+,28?. The second-order valence-corrected chi connectivity index (χ2v) is 12.6. The highest BCUT2D eigenvalue weighted by atomic mass is 19.4. The van der Waals surface area contributed by atoms with E-state index in [1.807, 2.05) is 18.7 Å². The lowest BCUT2D eigenvalue weighted by Crippen LogP contribution is -2.58. The second-order valence-electron chi connectivity index (χ2n) is 12.6. The van der Waals surface area contributed by atoms with Gasteiger partial charge in [0, 0.05) is 49.4 Å². The average molecular weight is 667 g/mol. The van der Waals surface area contributed by atoms with Gasteiger partial charge in [-0.1, -0.05) is 19.3 Å². The minimum atomic E-state index is -4.98. The molecule has 1 aromatic carbocycles. The molecule has 47 heavy (non-hydrogen) atoms. The van der Waals surface area contributed by atoms with Crippen LogP contribution in [0.3, 0.4) is 0 Å². The third kappa shape index (κ3) is 9.19. The first-order valence-electron chi connectivity index (χ1n) is 16.2. The molecule has 0 N–H and O–H groups in total. The van der Waals surface area contributed by atoms with Crippen LogP contribution in [0, 0.1) is 11.8 Å². The number of carbonyl (C=O) groups is 2. The Morgan fingerprint density at radius 1 is 0.894 bits per heavy atom. The number of piperidine rings is 1. The zero-order valence-electron chi connectivity index (χ0n) is 26.9. The Morgan fingerprint density at radius 2 is 1.43 bits per heavy atom. The van der Waals surface area contributed by atoms with Crippen LogP contribution in [0.15, 0.2) is 30.6 Å². The Hall–Kier alpha value is -3.32. The molecule has 2 aromatic rings. The molecule has 1 saturated heterocycles. The van der Waals surface area contributed by atoms with Gasteiger partial charge in [-0.25, -0.2) is 9.97 Å². The largest absolute Gasteiger partial charge is 0.466 e. The van der Waals surface area contributed by atoms with Crippen LogP contribution in [0.1, 0.15) is 95.2 Å². The number of carbonyl (C=O) groups excluding carboxylic acids is 2. The maximum atomic E-state index is 14.0. The van der Waals surface area contributed by atoms with E-state index in [0.29, 0.717) is 51.6 Å². The van der Waals surface area contributed by atoms with E-state index in [0.717, 1.165) is 25.0 Å². The van der Waals surface area contributed by atoms with Crippen molar-refractivity contribution in [3.63, 3.8) is 0 Å². The molecule has 2 fully saturated rings. The summed E-state index contributed by atoms with van der Waals surface area (Å²) in [5.74, 6) is -0.0550. The van der Waals surface area contributed by atoms with Crippen LogP contribution >= 0.6 is 0 Å². The Bertz CT molecular complexity index is 1320. The molecule has 1 aliphatic carbocycles. The van der Waals surface area contributed by atoms with E-state index < -0.39 is 23.5 Å². The van der Waals surface area contributed by atoms with Crippen molar-refractivity contribution in [3.8, 4) is 0 Å². The SMILES string of the molecule is [B]c1cnc(N(Cc2cc(C(F)(F)F)cc(C(F)(F)F)c2)C2C[C@@H](CC)N(C(=O)C3CCC(CC(=O)OCC)CC3)[C@@H](CC)C2)nc1. The number of aromatic nitrogens is 2. The van der Waals surface area contributed by atoms with Crippen molar-refractivity contribution in [3.05, 3.63) is 47.3 Å². The minimum Gasteiger partial charge on any atom is -0.466 e. The van der Waals surface area contributed by atoms with E-state index in [1.165, 1.54) is 12.4 Å². The molecule has 1 aliphatic heterocycles. The Labute approximate surface area is 272 Å². The molecule has 4 rings (SSSR count). The van der Waals surface area contributed by atoms with Gasteiger partial charge in [-0.05, 0) is 88.0 Å². The van der Waals surface area contributed by atoms with Crippen molar-refractivity contribution >= 4 is 31.1 Å². The normalized spacial score (nSPS) is 23.8. The summed E-state index contributed by atoms with van der Waals surface area (Å²) in [4.78, 5) is 38.2. The fourth-order valence-electron chi connectivity index (χ4n) is 7.02. The molecule has 2 heterocycles. The summed E-state index contributed by atoms with van der Waals surface area (Å²) in [6.07, 6.45) is -2.05. The first-order valence-corrected chi connectivity index (χ1v) is 16.2. The number of amides is 1. The van der Waals surface area contributed by atoms with Gasteiger partial charge in [0.15, 0.2) is 0 Å². The molecule has 1 aromatic heterocycles. The Balaban J connectivity index is 1.60. The fourth-order valence-corrected chi connectivity index (χ4v) is 7.02. The molecule has 1 unspecified atom stereocenters. The van der Waals surface area contributed by atoms with E-state index in [1.54, 1.807) is 11.8 Å². The molecular formula is C33H41BF6N4O3. The predicted octanol–water partition coefficient (Wildman–Crippen LogP) is 6.62. The van der Waals surface area contributed by atoms with Gasteiger partial charge in [-0.15, -0.1) is 0 Å². The lowest BCUT2D eigenvalue weighted by Gasteiger charge is -2.49. The maximum Gasteiger partial charge on any atom is 0.416 e. The number of likely N-dealkylation sites (tertiary alicyclic amines) is 1. The molecule has 0 bridgehead atoms. The van der Waals surface area contributed by atoms with Gasteiger partial charge in [0.25, 0.3) is 0 Å². The molecule has 256 valence electrons. The van der Waals surface area contributed by atoms with Gasteiger partial charge in [-0.2, -0.15) is 26.3 Å². The summed E-state index contributed by atoms with van der Waals surface area (Å²) in [6.45, 7) is 5.70. The lowest BCUT2D eigenvalue weighted by atomic mass is 9.78. The zero-order valence-corrected chi connectivity index (χ0v) is 26.9. The highest BCUT2D eigenvalue weighted by molar-refractivity contribution is 6.31. The Kier molecular flexibility index (Phi) is 11.9. The van der Waals surface area contributed by atoms with Gasteiger partial charge >= 0.3 is 18.3 Å². The van der Waals surface area contributed by atoms with Crippen LogP contribution in [0.4, 0.5) is 32.3 Å². The van der Waals surface area contributed by atoms with Crippen LogP contribution < -0.4 is 10.4 Å². The quantitative estimate of drug-likeness (QED) is 0.161. The van der Waals surface area contributed by atoms with Gasteiger partial charge in [0.1, 0.15) is 7.85 Å². The summed E-state index contributed by atoms with van der Waals surface area (Å²) in [5, 5.41) is 0. The molecular weight excluding hydrogens is 625 g/mol. The first-order chi connectivity index (χ1) is 22.1.